The minimum Gasteiger partial charge on any atom is -0.341 e. The minimum atomic E-state index is 0. The summed E-state index contributed by atoms with van der Waals surface area (Å²) in [6, 6.07) is 7.81. The summed E-state index contributed by atoms with van der Waals surface area (Å²) in [4.78, 5) is 14.2. The predicted octanol–water partition coefficient (Wildman–Crippen LogP) is 3.24. The zero-order valence-electron chi connectivity index (χ0n) is 11.7. The van der Waals surface area contributed by atoms with E-state index >= 15 is 0 Å². The second-order valence-corrected chi connectivity index (χ2v) is 5.88. The van der Waals surface area contributed by atoms with Crippen LogP contribution in [0, 0.1) is 5.92 Å². The molecule has 0 saturated heterocycles. The molecule has 2 unspecified atom stereocenters. The van der Waals surface area contributed by atoms with Gasteiger partial charge in [0.1, 0.15) is 0 Å². The molecule has 1 aromatic rings. The molecule has 0 spiro atoms. The van der Waals surface area contributed by atoms with Crippen LogP contribution < -0.4 is 5.73 Å². The van der Waals surface area contributed by atoms with Crippen molar-refractivity contribution in [2.45, 2.75) is 38.3 Å². The Morgan fingerprint density at radius 3 is 2.60 bits per heavy atom. The molecule has 1 amide bonds. The van der Waals surface area contributed by atoms with Gasteiger partial charge in [-0.1, -0.05) is 30.2 Å². The van der Waals surface area contributed by atoms with Gasteiger partial charge in [-0.2, -0.15) is 0 Å². The fourth-order valence-corrected chi connectivity index (χ4v) is 2.83. The molecule has 1 aliphatic carbocycles. The molecule has 1 aromatic carbocycles. The zero-order chi connectivity index (χ0) is 13.8. The smallest absolute Gasteiger partial charge is 0.225 e. The van der Waals surface area contributed by atoms with Crippen molar-refractivity contribution < 1.29 is 4.79 Å². The maximum absolute atomic E-state index is 12.4. The van der Waals surface area contributed by atoms with Crippen molar-refractivity contribution in [2.24, 2.45) is 11.7 Å². The van der Waals surface area contributed by atoms with E-state index in [-0.39, 0.29) is 30.3 Å². The number of carbonyl (C=O) groups excluding carboxylic acids is 1. The maximum Gasteiger partial charge on any atom is 0.225 e. The van der Waals surface area contributed by atoms with Crippen molar-refractivity contribution in [2.75, 3.05) is 7.05 Å². The van der Waals surface area contributed by atoms with Crippen LogP contribution in [0.5, 0.6) is 0 Å². The largest absolute Gasteiger partial charge is 0.341 e. The molecular formula is C15H22Cl2N2O. The van der Waals surface area contributed by atoms with E-state index in [0.717, 1.165) is 36.3 Å². The van der Waals surface area contributed by atoms with Crippen LogP contribution in [-0.2, 0) is 11.3 Å². The lowest BCUT2D eigenvalue weighted by Crippen LogP contribution is -2.38. The van der Waals surface area contributed by atoms with Crippen molar-refractivity contribution >= 4 is 29.9 Å². The second kappa shape index (κ2) is 7.87. The van der Waals surface area contributed by atoms with Crippen LogP contribution in [0.4, 0.5) is 0 Å². The Morgan fingerprint density at radius 2 is 2.00 bits per heavy atom. The Balaban J connectivity index is 0.00000200. The first-order valence-corrected chi connectivity index (χ1v) is 7.19. The van der Waals surface area contributed by atoms with E-state index in [4.69, 9.17) is 17.3 Å². The van der Waals surface area contributed by atoms with Gasteiger partial charge in [-0.25, -0.2) is 0 Å². The molecule has 20 heavy (non-hydrogen) atoms. The highest BCUT2D eigenvalue weighted by molar-refractivity contribution is 6.30. The van der Waals surface area contributed by atoms with Crippen LogP contribution in [0.15, 0.2) is 24.3 Å². The maximum atomic E-state index is 12.4. The van der Waals surface area contributed by atoms with Gasteiger partial charge in [0.2, 0.25) is 5.91 Å². The van der Waals surface area contributed by atoms with E-state index in [1.54, 1.807) is 4.90 Å². The number of hydrogen-bond acceptors (Lipinski definition) is 2. The van der Waals surface area contributed by atoms with Crippen molar-refractivity contribution in [3.8, 4) is 0 Å². The van der Waals surface area contributed by atoms with Crippen LogP contribution >= 0.6 is 24.0 Å². The normalized spacial score (nSPS) is 21.9. The zero-order valence-corrected chi connectivity index (χ0v) is 13.3. The Hall–Kier alpha value is -0.770. The molecule has 1 aliphatic rings. The fraction of sp³-hybridized carbons (Fsp3) is 0.533. The van der Waals surface area contributed by atoms with Crippen LogP contribution in [0.25, 0.3) is 0 Å². The van der Waals surface area contributed by atoms with Gasteiger partial charge >= 0.3 is 0 Å². The molecule has 0 heterocycles. The number of nitrogens with two attached hydrogens (primary N) is 1. The third-order valence-corrected chi connectivity index (χ3v) is 4.03. The number of hydrogen-bond donors (Lipinski definition) is 1. The third-order valence-electron chi connectivity index (χ3n) is 3.77. The minimum absolute atomic E-state index is 0. The number of carbonyl (C=O) groups is 1. The molecule has 0 aromatic heterocycles. The van der Waals surface area contributed by atoms with E-state index in [2.05, 4.69) is 0 Å². The number of rotatable bonds is 3. The van der Waals surface area contributed by atoms with E-state index in [1.165, 1.54) is 0 Å². The van der Waals surface area contributed by atoms with E-state index in [9.17, 15) is 4.79 Å². The lowest BCUT2D eigenvalue weighted by Gasteiger charge is -2.29. The first-order valence-electron chi connectivity index (χ1n) is 6.81. The summed E-state index contributed by atoms with van der Waals surface area (Å²) in [5.41, 5.74) is 7.04. The van der Waals surface area contributed by atoms with E-state index < -0.39 is 0 Å². The number of nitrogens with zero attached hydrogens (tertiary/aromatic N) is 1. The van der Waals surface area contributed by atoms with Gasteiger partial charge in [0.25, 0.3) is 0 Å². The van der Waals surface area contributed by atoms with Crippen molar-refractivity contribution in [3.63, 3.8) is 0 Å². The molecule has 2 N–H and O–H groups in total. The molecule has 3 nitrogen and oxygen atoms in total. The van der Waals surface area contributed by atoms with Crippen molar-refractivity contribution in [3.05, 3.63) is 34.9 Å². The molecule has 0 bridgehead atoms. The molecule has 112 valence electrons. The Bertz CT molecular complexity index is 436. The monoisotopic (exact) mass is 316 g/mol. The van der Waals surface area contributed by atoms with Crippen LogP contribution in [0.2, 0.25) is 5.02 Å². The lowest BCUT2D eigenvalue weighted by atomic mass is 9.85. The average Bonchev–Trinajstić information content (AvgIpc) is 2.40. The summed E-state index contributed by atoms with van der Waals surface area (Å²) in [6.45, 7) is 0.627. The molecule has 0 radical (unpaired) electrons. The summed E-state index contributed by atoms with van der Waals surface area (Å²) < 4.78 is 0. The van der Waals surface area contributed by atoms with Crippen LogP contribution in [0.3, 0.4) is 0 Å². The Labute approximate surface area is 131 Å². The van der Waals surface area contributed by atoms with Gasteiger partial charge in [-0.3, -0.25) is 4.79 Å². The van der Waals surface area contributed by atoms with Crippen LogP contribution in [-0.4, -0.2) is 23.9 Å². The van der Waals surface area contributed by atoms with E-state index in [1.807, 2.05) is 31.3 Å². The van der Waals surface area contributed by atoms with Gasteiger partial charge in [0.05, 0.1) is 0 Å². The Kier molecular flexibility index (Phi) is 6.80. The van der Waals surface area contributed by atoms with Gasteiger partial charge in [-0.15, -0.1) is 12.4 Å². The van der Waals surface area contributed by atoms with Gasteiger partial charge in [0, 0.05) is 30.6 Å². The third kappa shape index (κ3) is 4.65. The van der Waals surface area contributed by atoms with Crippen molar-refractivity contribution in [1.82, 2.24) is 4.90 Å². The number of amides is 1. The fourth-order valence-electron chi connectivity index (χ4n) is 2.71. The standard InChI is InChI=1S/C15H21ClN2O.ClH/c1-18(10-11-5-7-13(16)8-6-11)15(19)12-3-2-4-14(17)9-12;/h5-8,12,14H,2-4,9-10,17H2,1H3;1H. The van der Waals surface area contributed by atoms with E-state index in [0.29, 0.717) is 6.54 Å². The summed E-state index contributed by atoms with van der Waals surface area (Å²) in [7, 11) is 1.86. The Morgan fingerprint density at radius 1 is 1.35 bits per heavy atom. The second-order valence-electron chi connectivity index (χ2n) is 5.44. The topological polar surface area (TPSA) is 46.3 Å². The first-order chi connectivity index (χ1) is 9.06. The molecule has 0 aliphatic heterocycles. The molecule has 1 saturated carbocycles. The average molecular weight is 317 g/mol. The summed E-state index contributed by atoms with van der Waals surface area (Å²) in [5, 5.41) is 0.719. The molecule has 1 fully saturated rings. The molecule has 2 rings (SSSR count). The number of halogens is 2. The predicted molar refractivity (Wildman–Crippen MR) is 85.1 cm³/mol. The number of benzene rings is 1. The molecular weight excluding hydrogens is 295 g/mol. The molecule has 2 atom stereocenters. The highest BCUT2D eigenvalue weighted by Gasteiger charge is 2.27. The summed E-state index contributed by atoms with van der Waals surface area (Å²) in [6.07, 6.45) is 3.90. The summed E-state index contributed by atoms with van der Waals surface area (Å²) >= 11 is 5.85. The van der Waals surface area contributed by atoms with Gasteiger partial charge in [0.15, 0.2) is 0 Å². The van der Waals surface area contributed by atoms with Crippen LogP contribution in [0.1, 0.15) is 31.2 Å². The van der Waals surface area contributed by atoms with Gasteiger partial charge < -0.3 is 10.6 Å². The molecule has 5 heteroatoms. The SMILES string of the molecule is CN(Cc1ccc(Cl)cc1)C(=O)C1CCCC(N)C1.Cl. The first kappa shape index (κ1) is 17.3. The van der Waals surface area contributed by atoms with Crippen molar-refractivity contribution in [1.29, 1.82) is 0 Å². The highest BCUT2D eigenvalue weighted by Crippen LogP contribution is 2.25. The highest BCUT2D eigenvalue weighted by atomic mass is 35.5. The van der Waals surface area contributed by atoms with Gasteiger partial charge in [-0.05, 0) is 37.0 Å². The quantitative estimate of drug-likeness (QED) is 0.930. The lowest BCUT2D eigenvalue weighted by molar-refractivity contribution is -0.135. The summed E-state index contributed by atoms with van der Waals surface area (Å²) in [5.74, 6) is 0.311.